The molecular formula is C18H26N2O5S. The average molecular weight is 382 g/mol. The first-order valence-corrected chi connectivity index (χ1v) is 10.4. The molecule has 7 nitrogen and oxygen atoms in total. The molecule has 1 saturated heterocycles. The number of piperidine rings is 1. The lowest BCUT2D eigenvalue weighted by molar-refractivity contribution is -0.136. The molecule has 0 N–H and O–H groups in total. The Morgan fingerprint density at radius 3 is 2.69 bits per heavy atom. The quantitative estimate of drug-likeness (QED) is 0.745. The lowest BCUT2D eigenvalue weighted by Crippen LogP contribution is -2.48. The van der Waals surface area contributed by atoms with Crippen LogP contribution in [-0.4, -0.2) is 63.3 Å². The summed E-state index contributed by atoms with van der Waals surface area (Å²) in [6.07, 6.45) is 2.04. The van der Waals surface area contributed by atoms with E-state index in [0.717, 1.165) is 29.9 Å². The van der Waals surface area contributed by atoms with Crippen molar-refractivity contribution in [3.63, 3.8) is 0 Å². The summed E-state index contributed by atoms with van der Waals surface area (Å²) in [5.41, 5.74) is 1.04. The Morgan fingerprint density at radius 2 is 1.96 bits per heavy atom. The summed E-state index contributed by atoms with van der Waals surface area (Å²) in [7, 11) is -0.293. The third kappa shape index (κ3) is 4.12. The fourth-order valence-corrected chi connectivity index (χ4v) is 4.31. The van der Waals surface area contributed by atoms with E-state index in [0.29, 0.717) is 13.0 Å². The van der Waals surface area contributed by atoms with Crippen LogP contribution < -0.4 is 9.47 Å². The molecule has 0 unspecified atom stereocenters. The second-order valence-electron chi connectivity index (χ2n) is 7.59. The van der Waals surface area contributed by atoms with Gasteiger partial charge in [-0.05, 0) is 36.0 Å². The number of carbonyl (C=O) groups is 1. The second-order valence-corrected chi connectivity index (χ2v) is 9.89. The molecule has 0 aliphatic carbocycles. The molecule has 0 radical (unpaired) electrons. The summed E-state index contributed by atoms with van der Waals surface area (Å²) in [4.78, 5) is 13.9. The smallest absolute Gasteiger partial charge is 0.231 e. The van der Waals surface area contributed by atoms with Crippen molar-refractivity contribution < 1.29 is 22.7 Å². The average Bonchev–Trinajstić information content (AvgIpc) is 3.03. The monoisotopic (exact) mass is 382 g/mol. The van der Waals surface area contributed by atoms with Gasteiger partial charge in [-0.3, -0.25) is 4.79 Å². The number of hydrogen-bond donors (Lipinski definition) is 0. The first-order chi connectivity index (χ1) is 12.2. The highest BCUT2D eigenvalue weighted by molar-refractivity contribution is 7.89. The fraction of sp³-hybridized carbons (Fsp3) is 0.611. The van der Waals surface area contributed by atoms with Crippen LogP contribution in [0.1, 0.15) is 25.3 Å². The molecule has 8 heteroatoms. The highest BCUT2D eigenvalue weighted by atomic mass is 32.2. The van der Waals surface area contributed by atoms with Crippen molar-refractivity contribution in [3.05, 3.63) is 23.8 Å². The van der Waals surface area contributed by atoms with Crippen LogP contribution in [0.2, 0.25) is 0 Å². The summed E-state index contributed by atoms with van der Waals surface area (Å²) < 4.78 is 36.0. The summed E-state index contributed by atoms with van der Waals surface area (Å²) in [5.74, 6) is 1.49. The van der Waals surface area contributed by atoms with Crippen LogP contribution >= 0.6 is 0 Å². The standard InChI is InChI=1S/C18H26N2O5S/c1-18(11-14-4-5-15-16(10-14)25-13-24-15)7-6-17(21)20(12-18)8-9-26(22,23)19(2)3/h4-5,10H,6-9,11-13H2,1-3H3/t18-/m1/s1. The van der Waals surface area contributed by atoms with E-state index in [1.807, 2.05) is 18.2 Å². The molecule has 0 bridgehead atoms. The minimum atomic E-state index is -3.31. The van der Waals surface area contributed by atoms with E-state index in [-0.39, 0.29) is 30.4 Å². The van der Waals surface area contributed by atoms with Crippen LogP contribution in [0.3, 0.4) is 0 Å². The maximum absolute atomic E-state index is 12.3. The first-order valence-electron chi connectivity index (χ1n) is 8.75. The number of likely N-dealkylation sites (tertiary alicyclic amines) is 1. The van der Waals surface area contributed by atoms with Crippen LogP contribution in [0.25, 0.3) is 0 Å². The van der Waals surface area contributed by atoms with E-state index >= 15 is 0 Å². The number of fused-ring (bicyclic) bond motifs is 1. The van der Waals surface area contributed by atoms with Gasteiger partial charge in [0.2, 0.25) is 22.7 Å². The number of rotatable bonds is 6. The van der Waals surface area contributed by atoms with Crippen LogP contribution in [0, 0.1) is 5.41 Å². The topological polar surface area (TPSA) is 76.2 Å². The molecule has 1 atom stereocenters. The number of hydrogen-bond acceptors (Lipinski definition) is 5. The Morgan fingerprint density at radius 1 is 1.23 bits per heavy atom. The van der Waals surface area contributed by atoms with E-state index in [1.165, 1.54) is 18.4 Å². The molecule has 1 amide bonds. The van der Waals surface area contributed by atoms with E-state index in [1.54, 1.807) is 4.90 Å². The summed E-state index contributed by atoms with van der Waals surface area (Å²) in [5, 5.41) is 0. The zero-order valence-corrected chi connectivity index (χ0v) is 16.3. The molecule has 3 rings (SSSR count). The lowest BCUT2D eigenvalue weighted by atomic mass is 9.76. The molecule has 2 aliphatic heterocycles. The predicted molar refractivity (Wildman–Crippen MR) is 97.7 cm³/mol. The van der Waals surface area contributed by atoms with Crippen LogP contribution in [-0.2, 0) is 21.2 Å². The Hall–Kier alpha value is -1.80. The number of sulfonamides is 1. The van der Waals surface area contributed by atoms with Crippen LogP contribution in [0.5, 0.6) is 11.5 Å². The van der Waals surface area contributed by atoms with Crippen molar-refractivity contribution >= 4 is 15.9 Å². The number of amides is 1. The molecule has 0 saturated carbocycles. The fourth-order valence-electron chi connectivity index (χ4n) is 3.49. The Balaban J connectivity index is 1.67. The van der Waals surface area contributed by atoms with Crippen molar-refractivity contribution in [2.24, 2.45) is 5.41 Å². The minimum absolute atomic E-state index is 0.0297. The van der Waals surface area contributed by atoms with Gasteiger partial charge in [-0.15, -0.1) is 0 Å². The predicted octanol–water partition coefficient (Wildman–Crippen LogP) is 1.48. The van der Waals surface area contributed by atoms with Gasteiger partial charge in [0.15, 0.2) is 11.5 Å². The Kier molecular flexibility index (Phi) is 5.16. The third-order valence-electron chi connectivity index (χ3n) is 5.11. The van der Waals surface area contributed by atoms with Gasteiger partial charge in [-0.25, -0.2) is 12.7 Å². The molecule has 1 aromatic carbocycles. The molecule has 144 valence electrons. The maximum atomic E-state index is 12.3. The Labute approximate surface area is 154 Å². The van der Waals surface area contributed by atoms with Crippen molar-refractivity contribution in [2.45, 2.75) is 26.2 Å². The van der Waals surface area contributed by atoms with Crippen molar-refractivity contribution in [1.29, 1.82) is 0 Å². The normalized spacial score (nSPS) is 22.9. The molecule has 0 aromatic heterocycles. The number of nitrogens with zero attached hydrogens (tertiary/aromatic N) is 2. The van der Waals surface area contributed by atoms with Gasteiger partial charge in [0.05, 0.1) is 5.75 Å². The summed E-state index contributed by atoms with van der Waals surface area (Å²) in [6, 6.07) is 5.93. The van der Waals surface area contributed by atoms with Crippen molar-refractivity contribution in [2.75, 3.05) is 39.7 Å². The molecule has 1 aromatic rings. The maximum Gasteiger partial charge on any atom is 0.231 e. The van der Waals surface area contributed by atoms with Gasteiger partial charge in [0, 0.05) is 33.6 Å². The van der Waals surface area contributed by atoms with Gasteiger partial charge in [-0.2, -0.15) is 0 Å². The van der Waals surface area contributed by atoms with Gasteiger partial charge < -0.3 is 14.4 Å². The van der Waals surface area contributed by atoms with E-state index in [4.69, 9.17) is 9.47 Å². The van der Waals surface area contributed by atoms with Gasteiger partial charge in [0.1, 0.15) is 0 Å². The molecule has 26 heavy (non-hydrogen) atoms. The highest BCUT2D eigenvalue weighted by Gasteiger charge is 2.35. The van der Waals surface area contributed by atoms with Crippen LogP contribution in [0.4, 0.5) is 0 Å². The van der Waals surface area contributed by atoms with E-state index in [2.05, 4.69) is 6.92 Å². The van der Waals surface area contributed by atoms with Gasteiger partial charge in [-0.1, -0.05) is 13.0 Å². The van der Waals surface area contributed by atoms with E-state index in [9.17, 15) is 13.2 Å². The molecular weight excluding hydrogens is 356 g/mol. The summed E-state index contributed by atoms with van der Waals surface area (Å²) >= 11 is 0. The molecule has 1 fully saturated rings. The molecule has 2 aliphatic rings. The minimum Gasteiger partial charge on any atom is -0.454 e. The van der Waals surface area contributed by atoms with E-state index < -0.39 is 10.0 Å². The number of carbonyl (C=O) groups excluding carboxylic acids is 1. The third-order valence-corrected chi connectivity index (χ3v) is 6.92. The van der Waals surface area contributed by atoms with Crippen molar-refractivity contribution in [1.82, 2.24) is 9.21 Å². The zero-order valence-electron chi connectivity index (χ0n) is 15.5. The number of ether oxygens (including phenoxy) is 2. The second kappa shape index (κ2) is 7.08. The summed E-state index contributed by atoms with van der Waals surface area (Å²) in [6.45, 7) is 3.19. The lowest BCUT2D eigenvalue weighted by Gasteiger charge is -2.40. The molecule has 0 spiro atoms. The van der Waals surface area contributed by atoms with Crippen molar-refractivity contribution in [3.8, 4) is 11.5 Å². The Bertz CT molecular complexity index is 793. The van der Waals surface area contributed by atoms with Gasteiger partial charge >= 0.3 is 0 Å². The largest absolute Gasteiger partial charge is 0.454 e. The molecule has 2 heterocycles. The first kappa shape index (κ1) is 19.0. The van der Waals surface area contributed by atoms with Crippen LogP contribution in [0.15, 0.2) is 18.2 Å². The highest BCUT2D eigenvalue weighted by Crippen LogP contribution is 2.37. The van der Waals surface area contributed by atoms with Gasteiger partial charge in [0.25, 0.3) is 0 Å². The zero-order chi connectivity index (χ0) is 18.9. The number of benzene rings is 1. The SMILES string of the molecule is CN(C)S(=O)(=O)CCN1C[C@@](C)(Cc2ccc3c(c2)OCO3)CCC1=O.